The number of rotatable bonds is 9. The van der Waals surface area contributed by atoms with Gasteiger partial charge in [-0.05, 0) is 75.3 Å². The van der Waals surface area contributed by atoms with Crippen molar-refractivity contribution in [3.63, 3.8) is 0 Å². The number of nitrogens with one attached hydrogen (secondary N) is 1. The first kappa shape index (κ1) is 31.4. The number of benzene rings is 2. The second-order valence-electron chi connectivity index (χ2n) is 10.7. The van der Waals surface area contributed by atoms with Crippen LogP contribution in [-0.4, -0.2) is 62.4 Å². The Labute approximate surface area is 261 Å². The largest absolute Gasteiger partial charge is 0.481 e. The number of pyridine rings is 1. The van der Waals surface area contributed by atoms with Gasteiger partial charge in [0, 0.05) is 52.0 Å². The van der Waals surface area contributed by atoms with Gasteiger partial charge >= 0.3 is 5.97 Å². The summed E-state index contributed by atoms with van der Waals surface area (Å²) in [6, 6.07) is 19.0. The molecule has 10 nitrogen and oxygen atoms in total. The second-order valence-corrected chi connectivity index (χ2v) is 13.1. The van der Waals surface area contributed by atoms with Crippen LogP contribution < -0.4 is 5.32 Å². The fourth-order valence-corrected chi connectivity index (χ4v) is 6.90. The zero-order chi connectivity index (χ0) is 31.8. The van der Waals surface area contributed by atoms with Gasteiger partial charge in [0.25, 0.3) is 11.8 Å². The first-order valence-corrected chi connectivity index (χ1v) is 16.1. The highest BCUT2D eigenvalue weighted by molar-refractivity contribution is 7.94. The van der Waals surface area contributed by atoms with Gasteiger partial charge in [0.1, 0.15) is 0 Å². The average molecular weight is 625 g/mol. The van der Waals surface area contributed by atoms with Crippen LogP contribution >= 0.6 is 0 Å². The molecule has 0 aliphatic carbocycles. The van der Waals surface area contributed by atoms with Crippen molar-refractivity contribution in [3.05, 3.63) is 113 Å². The van der Waals surface area contributed by atoms with Crippen LogP contribution in [0.3, 0.4) is 0 Å². The Balaban J connectivity index is 1.30. The van der Waals surface area contributed by atoms with Crippen LogP contribution in [0.2, 0.25) is 0 Å². The van der Waals surface area contributed by atoms with Crippen LogP contribution in [0.15, 0.2) is 99.1 Å². The normalized spacial score (nSPS) is 15.8. The van der Waals surface area contributed by atoms with E-state index < -0.39 is 21.6 Å². The maximum absolute atomic E-state index is 14.1. The Hall–Kier alpha value is -5.05. The summed E-state index contributed by atoms with van der Waals surface area (Å²) >= 11 is 0. The van der Waals surface area contributed by atoms with Crippen LogP contribution in [0.25, 0.3) is 0 Å². The topological polar surface area (TPSA) is 142 Å². The fourth-order valence-electron chi connectivity index (χ4n) is 4.99. The molecule has 5 rings (SSSR count). The van der Waals surface area contributed by atoms with E-state index in [1.165, 1.54) is 18.7 Å². The van der Waals surface area contributed by atoms with Crippen molar-refractivity contribution in [2.24, 2.45) is 10.3 Å². The fraction of sp³-hybridized carbons (Fsp3) is 0.235. The number of aryl methyl sites for hydroxylation is 1. The molecular weight excluding hydrogens is 592 g/mol. The van der Waals surface area contributed by atoms with Gasteiger partial charge in [0.05, 0.1) is 27.5 Å². The van der Waals surface area contributed by atoms with Crippen molar-refractivity contribution in [1.29, 1.82) is 0 Å². The molecule has 230 valence electrons. The molecule has 2 N–H and O–H groups in total. The minimum atomic E-state index is -3.11. The zero-order valence-corrected chi connectivity index (χ0v) is 25.5. The maximum Gasteiger partial charge on any atom is 0.307 e. The number of anilines is 1. The smallest absolute Gasteiger partial charge is 0.307 e. The molecule has 2 unspecified atom stereocenters. The van der Waals surface area contributed by atoms with Crippen LogP contribution in [-0.2, 0) is 14.5 Å². The van der Waals surface area contributed by atoms with E-state index in [4.69, 9.17) is 4.42 Å². The Morgan fingerprint density at radius 1 is 1.07 bits per heavy atom. The second kappa shape index (κ2) is 14.2. The zero-order valence-electron chi connectivity index (χ0n) is 24.6. The number of carbonyl (C=O) groups excluding carboxylic acids is 2. The Bertz CT molecular complexity index is 1900. The number of carboxylic acid groups (broad SMARTS) is 1. The van der Waals surface area contributed by atoms with E-state index in [2.05, 4.69) is 26.5 Å². The van der Waals surface area contributed by atoms with Crippen molar-refractivity contribution in [3.8, 4) is 11.8 Å². The molecule has 2 aromatic heterocycles. The van der Waals surface area contributed by atoms with Crippen molar-refractivity contribution in [2.75, 3.05) is 30.7 Å². The van der Waals surface area contributed by atoms with Gasteiger partial charge in [0.2, 0.25) is 0 Å². The van der Waals surface area contributed by atoms with Gasteiger partial charge in [0.15, 0.2) is 5.76 Å². The van der Waals surface area contributed by atoms with Crippen LogP contribution in [0, 0.1) is 24.7 Å². The van der Waals surface area contributed by atoms with E-state index in [0.29, 0.717) is 54.2 Å². The van der Waals surface area contributed by atoms with Crippen molar-refractivity contribution in [2.45, 2.75) is 24.7 Å². The van der Waals surface area contributed by atoms with Crippen molar-refractivity contribution in [1.82, 2.24) is 9.88 Å². The monoisotopic (exact) mass is 624 g/mol. The molecule has 4 aromatic rings. The van der Waals surface area contributed by atoms with E-state index in [1.807, 2.05) is 4.90 Å². The Morgan fingerprint density at radius 2 is 1.87 bits per heavy atom. The highest BCUT2D eigenvalue weighted by atomic mass is 32.2. The molecule has 45 heavy (non-hydrogen) atoms. The number of hydrogen-bond donors (Lipinski definition) is 2. The van der Waals surface area contributed by atoms with Gasteiger partial charge in [-0.25, -0.2) is 4.21 Å². The number of carbonyl (C=O) groups is 3. The molecule has 0 bridgehead atoms. The molecule has 0 saturated carbocycles. The molecule has 0 spiro atoms. The van der Waals surface area contributed by atoms with Crippen LogP contribution in [0.5, 0.6) is 0 Å². The maximum atomic E-state index is 14.1. The molecule has 2 aromatic carbocycles. The van der Waals surface area contributed by atoms with E-state index in [0.717, 1.165) is 5.56 Å². The Kier molecular flexibility index (Phi) is 9.87. The summed E-state index contributed by atoms with van der Waals surface area (Å²) in [6.07, 6.45) is 5.42. The van der Waals surface area contributed by atoms with Gasteiger partial charge in [-0.3, -0.25) is 19.4 Å². The first-order valence-electron chi connectivity index (χ1n) is 14.4. The lowest BCUT2D eigenvalue weighted by Crippen LogP contribution is -2.25. The van der Waals surface area contributed by atoms with Gasteiger partial charge in [-0.2, -0.15) is 4.36 Å². The molecule has 2 amide bonds. The highest BCUT2D eigenvalue weighted by Gasteiger charge is 2.28. The summed E-state index contributed by atoms with van der Waals surface area (Å²) < 4.78 is 23.6. The standard InChI is InChI=1S/C34H32N4O6S/c1-24-14-17-44-31(24)33(40)36-29-8-5-7-25(20-29)11-12-26-19-28(22-35-21-26)32(39)37-45(43,30-9-3-2-4-10-30)18-6-15-38-16-13-27(23-38)34(41)42/h2-5,7-10,14,17,19-22,27H,6,13,15-16,18,23H2,1H3,(H,36,40)(H,41,42). The summed E-state index contributed by atoms with van der Waals surface area (Å²) in [5.41, 5.74) is 2.53. The number of aromatic nitrogens is 1. The molecule has 1 aliphatic heterocycles. The minimum absolute atomic E-state index is 0.149. The van der Waals surface area contributed by atoms with Gasteiger partial charge in [-0.15, -0.1) is 0 Å². The predicted octanol–water partition coefficient (Wildman–Crippen LogP) is 5.10. The quantitative estimate of drug-likeness (QED) is 0.245. The summed E-state index contributed by atoms with van der Waals surface area (Å²) in [7, 11) is -3.11. The first-order chi connectivity index (χ1) is 21.7. The summed E-state index contributed by atoms with van der Waals surface area (Å²) in [5, 5.41) is 12.1. The minimum Gasteiger partial charge on any atom is -0.481 e. The van der Waals surface area contributed by atoms with Gasteiger partial charge < -0.3 is 19.7 Å². The number of likely N-dealkylation sites (tertiary alicyclic amines) is 1. The van der Waals surface area contributed by atoms with Crippen LogP contribution in [0.1, 0.15) is 50.4 Å². The van der Waals surface area contributed by atoms with E-state index in [1.54, 1.807) is 73.7 Å². The number of aliphatic carboxylic acids is 1. The summed E-state index contributed by atoms with van der Waals surface area (Å²) in [6.45, 7) is 3.48. The molecule has 1 saturated heterocycles. The lowest BCUT2D eigenvalue weighted by atomic mass is 10.1. The third-order valence-electron chi connectivity index (χ3n) is 7.38. The number of hydrogen-bond acceptors (Lipinski definition) is 7. The molecule has 1 fully saturated rings. The van der Waals surface area contributed by atoms with E-state index in [-0.39, 0.29) is 28.9 Å². The van der Waals surface area contributed by atoms with E-state index in [9.17, 15) is 23.7 Å². The number of nitrogens with zero attached hydrogens (tertiary/aromatic N) is 3. The molecule has 0 radical (unpaired) electrons. The number of furan rings is 1. The van der Waals surface area contributed by atoms with Crippen molar-refractivity contribution >= 4 is 33.2 Å². The SMILES string of the molecule is Cc1ccoc1C(=O)Nc1cccc(C#Cc2cncc(C(=O)N=S(=O)(CCCN3CCC(C(=O)O)C3)c3ccccc3)c2)c1. The highest BCUT2D eigenvalue weighted by Crippen LogP contribution is 2.20. The Morgan fingerprint density at radius 3 is 2.60 bits per heavy atom. The van der Waals surface area contributed by atoms with Crippen molar-refractivity contribution < 1.29 is 28.1 Å². The average Bonchev–Trinajstić information content (AvgIpc) is 3.70. The number of carboxylic acids is 1. The van der Waals surface area contributed by atoms with Crippen LogP contribution in [0.4, 0.5) is 5.69 Å². The molecule has 2 atom stereocenters. The lowest BCUT2D eigenvalue weighted by Gasteiger charge is -2.16. The van der Waals surface area contributed by atoms with Gasteiger partial charge in [-0.1, -0.05) is 36.1 Å². The number of amides is 2. The third kappa shape index (κ3) is 8.12. The third-order valence-corrected chi connectivity index (χ3v) is 9.70. The predicted molar refractivity (Wildman–Crippen MR) is 169 cm³/mol. The molecular formula is C34H32N4O6S. The molecule has 1 aliphatic rings. The molecule has 3 heterocycles. The summed E-state index contributed by atoms with van der Waals surface area (Å²) in [5.74, 6) is 4.18. The summed E-state index contributed by atoms with van der Waals surface area (Å²) in [4.78, 5) is 43.8. The molecule has 11 heteroatoms. The lowest BCUT2D eigenvalue weighted by molar-refractivity contribution is -0.141. The van der Waals surface area contributed by atoms with E-state index >= 15 is 0 Å².